The summed E-state index contributed by atoms with van der Waals surface area (Å²) in [5.74, 6) is -1.42. The summed E-state index contributed by atoms with van der Waals surface area (Å²) in [7, 11) is 0. The number of hydrogen-bond donors (Lipinski definition) is 0. The van der Waals surface area contributed by atoms with Gasteiger partial charge in [-0.25, -0.2) is 8.78 Å². The Morgan fingerprint density at radius 3 is 2.73 bits per heavy atom. The Labute approximate surface area is 132 Å². The van der Waals surface area contributed by atoms with Gasteiger partial charge >= 0.3 is 0 Å². The molecule has 0 N–H and O–H groups in total. The highest BCUT2D eigenvalue weighted by molar-refractivity contribution is 5.19. The van der Waals surface area contributed by atoms with Gasteiger partial charge in [0.05, 0.1) is 0 Å². The highest BCUT2D eigenvalue weighted by Crippen LogP contribution is 2.39. The van der Waals surface area contributed by atoms with Crippen LogP contribution in [0.4, 0.5) is 8.78 Å². The molecule has 1 unspecified atom stereocenters. The van der Waals surface area contributed by atoms with Crippen LogP contribution >= 0.6 is 0 Å². The van der Waals surface area contributed by atoms with Crippen molar-refractivity contribution in [3.05, 3.63) is 35.4 Å². The first-order chi connectivity index (χ1) is 10.6. The predicted molar refractivity (Wildman–Crippen MR) is 84.7 cm³/mol. The van der Waals surface area contributed by atoms with Crippen LogP contribution in [-0.4, -0.2) is 42.5 Å². The van der Waals surface area contributed by atoms with Crippen molar-refractivity contribution >= 4 is 0 Å². The molecule has 0 aromatic heterocycles. The lowest BCUT2D eigenvalue weighted by atomic mass is 9.79. The Hall–Kier alpha value is -1.00. The molecule has 0 radical (unpaired) electrons. The summed E-state index contributed by atoms with van der Waals surface area (Å²) in [6.45, 7) is 8.30. The third-order valence-electron chi connectivity index (χ3n) is 5.22. The maximum Gasteiger partial charge on any atom is 0.163 e. The van der Waals surface area contributed by atoms with E-state index in [2.05, 4.69) is 16.7 Å². The predicted octanol–water partition coefficient (Wildman–Crippen LogP) is 3.66. The molecular formula is C18H26F2N2. The summed E-state index contributed by atoms with van der Waals surface area (Å²) in [5.41, 5.74) is 0.859. The van der Waals surface area contributed by atoms with Crippen LogP contribution in [-0.2, 0) is 6.54 Å². The summed E-state index contributed by atoms with van der Waals surface area (Å²) < 4.78 is 27.2. The standard InChI is InChI=1S/C18H26F2N2/c1-2-9-21-11-8-18(13-21)7-4-10-22(14-18)12-15-5-3-6-16(19)17(15)20/h3,5-6H,2,4,7-14H2,1H3. The normalized spacial score (nSPS) is 26.9. The molecule has 122 valence electrons. The number of nitrogens with zero attached hydrogens (tertiary/aromatic N) is 2. The second-order valence-electron chi connectivity index (χ2n) is 7.05. The lowest BCUT2D eigenvalue weighted by molar-refractivity contribution is 0.0864. The summed E-state index contributed by atoms with van der Waals surface area (Å²) in [6, 6.07) is 4.50. The number of likely N-dealkylation sites (tertiary alicyclic amines) is 2. The Balaban J connectivity index is 1.65. The van der Waals surface area contributed by atoms with Crippen LogP contribution < -0.4 is 0 Å². The van der Waals surface area contributed by atoms with E-state index in [1.165, 1.54) is 45.0 Å². The molecule has 0 amide bonds. The molecule has 0 aliphatic carbocycles. The van der Waals surface area contributed by atoms with Gasteiger partial charge in [0.1, 0.15) is 0 Å². The molecule has 2 saturated heterocycles. The van der Waals surface area contributed by atoms with Crippen LogP contribution in [0.2, 0.25) is 0 Å². The molecule has 1 spiro atoms. The largest absolute Gasteiger partial charge is 0.303 e. The lowest BCUT2D eigenvalue weighted by Crippen LogP contribution is -2.44. The van der Waals surface area contributed by atoms with Gasteiger partial charge in [0, 0.05) is 25.2 Å². The van der Waals surface area contributed by atoms with E-state index < -0.39 is 11.6 Å². The van der Waals surface area contributed by atoms with Gasteiger partial charge in [-0.05, 0) is 56.8 Å². The molecule has 2 nitrogen and oxygen atoms in total. The zero-order valence-electron chi connectivity index (χ0n) is 13.5. The quantitative estimate of drug-likeness (QED) is 0.837. The average molecular weight is 308 g/mol. The van der Waals surface area contributed by atoms with E-state index in [1.54, 1.807) is 12.1 Å². The first-order valence-electron chi connectivity index (χ1n) is 8.49. The highest BCUT2D eigenvalue weighted by Gasteiger charge is 2.40. The number of benzene rings is 1. The topological polar surface area (TPSA) is 6.48 Å². The van der Waals surface area contributed by atoms with Crippen LogP contribution in [0.5, 0.6) is 0 Å². The molecular weight excluding hydrogens is 282 g/mol. The SMILES string of the molecule is CCCN1CCC2(CCCN(Cc3cccc(F)c3F)C2)C1. The zero-order valence-corrected chi connectivity index (χ0v) is 13.5. The minimum atomic E-state index is -0.737. The maximum atomic E-state index is 13.9. The number of halogens is 2. The van der Waals surface area contributed by atoms with Crippen molar-refractivity contribution in [3.63, 3.8) is 0 Å². The Kier molecular flexibility index (Phi) is 4.79. The Morgan fingerprint density at radius 1 is 1.09 bits per heavy atom. The first kappa shape index (κ1) is 15.9. The van der Waals surface area contributed by atoms with E-state index in [4.69, 9.17) is 0 Å². The molecule has 0 bridgehead atoms. The van der Waals surface area contributed by atoms with E-state index in [0.717, 1.165) is 19.5 Å². The summed E-state index contributed by atoms with van der Waals surface area (Å²) in [5, 5.41) is 0. The van der Waals surface area contributed by atoms with E-state index in [0.29, 0.717) is 17.5 Å². The Bertz CT molecular complexity index is 520. The van der Waals surface area contributed by atoms with Gasteiger partial charge < -0.3 is 4.90 Å². The molecule has 2 heterocycles. The van der Waals surface area contributed by atoms with Crippen molar-refractivity contribution in [2.75, 3.05) is 32.7 Å². The highest BCUT2D eigenvalue weighted by atomic mass is 19.2. The van der Waals surface area contributed by atoms with Crippen molar-refractivity contribution in [1.29, 1.82) is 0 Å². The summed E-state index contributed by atoms with van der Waals surface area (Å²) in [6.07, 6.45) is 4.88. The Morgan fingerprint density at radius 2 is 1.91 bits per heavy atom. The third kappa shape index (κ3) is 3.33. The van der Waals surface area contributed by atoms with Gasteiger partial charge in [-0.1, -0.05) is 19.1 Å². The van der Waals surface area contributed by atoms with Crippen molar-refractivity contribution in [2.45, 2.75) is 39.2 Å². The van der Waals surface area contributed by atoms with Crippen LogP contribution in [0.3, 0.4) is 0 Å². The fraction of sp³-hybridized carbons (Fsp3) is 0.667. The fourth-order valence-electron chi connectivity index (χ4n) is 4.22. The monoisotopic (exact) mass is 308 g/mol. The lowest BCUT2D eigenvalue weighted by Gasteiger charge is -2.40. The van der Waals surface area contributed by atoms with E-state index in [9.17, 15) is 8.78 Å². The zero-order chi connectivity index (χ0) is 15.6. The van der Waals surface area contributed by atoms with Crippen molar-refractivity contribution in [1.82, 2.24) is 9.80 Å². The van der Waals surface area contributed by atoms with Crippen LogP contribution in [0.25, 0.3) is 0 Å². The van der Waals surface area contributed by atoms with E-state index >= 15 is 0 Å². The summed E-state index contributed by atoms with van der Waals surface area (Å²) >= 11 is 0. The van der Waals surface area contributed by atoms with Crippen LogP contribution in [0.1, 0.15) is 38.2 Å². The van der Waals surface area contributed by atoms with Crippen molar-refractivity contribution in [3.8, 4) is 0 Å². The fourth-order valence-corrected chi connectivity index (χ4v) is 4.22. The first-order valence-corrected chi connectivity index (χ1v) is 8.49. The van der Waals surface area contributed by atoms with Crippen molar-refractivity contribution in [2.24, 2.45) is 5.41 Å². The van der Waals surface area contributed by atoms with E-state index in [-0.39, 0.29) is 0 Å². The average Bonchev–Trinajstić information content (AvgIpc) is 2.87. The third-order valence-corrected chi connectivity index (χ3v) is 5.22. The van der Waals surface area contributed by atoms with Gasteiger partial charge in [0.15, 0.2) is 11.6 Å². The van der Waals surface area contributed by atoms with Crippen molar-refractivity contribution < 1.29 is 8.78 Å². The number of piperidine rings is 1. The molecule has 0 saturated carbocycles. The van der Waals surface area contributed by atoms with Gasteiger partial charge in [-0.15, -0.1) is 0 Å². The molecule has 2 fully saturated rings. The number of hydrogen-bond acceptors (Lipinski definition) is 2. The molecule has 22 heavy (non-hydrogen) atoms. The van der Waals surface area contributed by atoms with Gasteiger partial charge in [-0.2, -0.15) is 0 Å². The molecule has 3 rings (SSSR count). The molecule has 1 aromatic rings. The second kappa shape index (κ2) is 6.63. The molecule has 2 aliphatic heterocycles. The molecule has 2 aliphatic rings. The minimum absolute atomic E-state index is 0.372. The van der Waals surface area contributed by atoms with Gasteiger partial charge in [0.25, 0.3) is 0 Å². The van der Waals surface area contributed by atoms with Gasteiger partial charge in [0.2, 0.25) is 0 Å². The van der Waals surface area contributed by atoms with Crippen LogP contribution in [0.15, 0.2) is 18.2 Å². The minimum Gasteiger partial charge on any atom is -0.303 e. The van der Waals surface area contributed by atoms with E-state index in [1.807, 2.05) is 0 Å². The van der Waals surface area contributed by atoms with Gasteiger partial charge in [-0.3, -0.25) is 4.90 Å². The maximum absolute atomic E-state index is 13.9. The number of rotatable bonds is 4. The summed E-state index contributed by atoms with van der Waals surface area (Å²) in [4.78, 5) is 4.88. The second-order valence-corrected chi connectivity index (χ2v) is 7.05. The molecule has 4 heteroatoms. The molecule has 1 aromatic carbocycles. The smallest absolute Gasteiger partial charge is 0.163 e. The van der Waals surface area contributed by atoms with Crippen LogP contribution in [0, 0.1) is 17.0 Å². The molecule has 1 atom stereocenters.